The molecule has 2 N–H and O–H groups in total. The average molecular weight is 356 g/mol. The van der Waals surface area contributed by atoms with Crippen LogP contribution in [0.2, 0.25) is 0 Å². The maximum Gasteiger partial charge on any atom is 0.276 e. The third kappa shape index (κ3) is 4.07. The van der Waals surface area contributed by atoms with Gasteiger partial charge in [0.2, 0.25) is 5.89 Å². The van der Waals surface area contributed by atoms with Crippen molar-refractivity contribution in [3.8, 4) is 0 Å². The second-order valence-electron chi connectivity index (χ2n) is 4.73. The molecule has 0 radical (unpaired) electrons. The Bertz CT molecular complexity index is 544. The maximum atomic E-state index is 6.08. The van der Waals surface area contributed by atoms with Crippen LogP contribution in [0, 0.1) is 5.92 Å². The lowest BCUT2D eigenvalue weighted by atomic mass is 10.0. The second kappa shape index (κ2) is 7.24. The summed E-state index contributed by atoms with van der Waals surface area (Å²) < 4.78 is 6.70. The highest BCUT2D eigenvalue weighted by molar-refractivity contribution is 9.10. The first-order chi connectivity index (χ1) is 9.60. The van der Waals surface area contributed by atoms with Crippen LogP contribution in [0.25, 0.3) is 0 Å². The number of halogens is 1. The Morgan fingerprint density at radius 1 is 1.30 bits per heavy atom. The van der Waals surface area contributed by atoms with Crippen LogP contribution in [0.4, 0.5) is 0 Å². The fraction of sp³-hybridized carbons (Fsp3) is 0.429. The first-order valence-corrected chi connectivity index (χ1v) is 8.34. The van der Waals surface area contributed by atoms with Crippen LogP contribution in [0.3, 0.4) is 0 Å². The number of nitrogens with zero attached hydrogens (tertiary/aromatic N) is 2. The summed E-state index contributed by atoms with van der Waals surface area (Å²) in [6.45, 7) is 4.19. The lowest BCUT2D eigenvalue weighted by Crippen LogP contribution is -2.18. The van der Waals surface area contributed by atoms with Crippen LogP contribution in [-0.2, 0) is 5.75 Å². The molecule has 0 saturated carbocycles. The number of hydrogen-bond acceptors (Lipinski definition) is 5. The molecule has 1 aromatic heterocycles. The molecule has 0 aliphatic carbocycles. The fourth-order valence-corrected chi connectivity index (χ4v) is 2.63. The van der Waals surface area contributed by atoms with Gasteiger partial charge >= 0.3 is 0 Å². The van der Waals surface area contributed by atoms with E-state index in [1.165, 1.54) is 17.3 Å². The van der Waals surface area contributed by atoms with Crippen LogP contribution in [0.1, 0.15) is 37.8 Å². The molecular formula is C14H18BrN3OS. The van der Waals surface area contributed by atoms with E-state index in [-0.39, 0.29) is 6.04 Å². The first-order valence-electron chi connectivity index (χ1n) is 6.56. The zero-order valence-corrected chi connectivity index (χ0v) is 13.9. The summed E-state index contributed by atoms with van der Waals surface area (Å²) in [6.07, 6.45) is 0.991. The van der Waals surface area contributed by atoms with E-state index in [0.29, 0.717) is 17.0 Å². The molecule has 2 rings (SSSR count). The molecule has 0 fully saturated rings. The highest BCUT2D eigenvalue weighted by atomic mass is 79.9. The molecule has 108 valence electrons. The summed E-state index contributed by atoms with van der Waals surface area (Å²) in [4.78, 5) is 0. The molecule has 6 heteroatoms. The summed E-state index contributed by atoms with van der Waals surface area (Å²) in [5, 5.41) is 8.66. The molecule has 0 saturated heterocycles. The van der Waals surface area contributed by atoms with E-state index in [9.17, 15) is 0 Å². The molecular weight excluding hydrogens is 338 g/mol. The summed E-state index contributed by atoms with van der Waals surface area (Å²) in [5.74, 6) is 1.66. The standard InChI is InChI=1S/C14H18BrN3OS/c1-3-9(2)12(16)13-17-18-14(19-13)20-8-10-4-6-11(15)7-5-10/h4-7,9,12H,3,8,16H2,1-2H3/t9?,12-/m0/s1. The number of rotatable bonds is 6. The van der Waals surface area contributed by atoms with Crippen molar-refractivity contribution in [1.82, 2.24) is 10.2 Å². The summed E-state index contributed by atoms with van der Waals surface area (Å²) >= 11 is 4.95. The Morgan fingerprint density at radius 3 is 2.65 bits per heavy atom. The molecule has 1 aromatic carbocycles. The Balaban J connectivity index is 1.94. The lowest BCUT2D eigenvalue weighted by Gasteiger charge is -2.13. The van der Waals surface area contributed by atoms with E-state index < -0.39 is 0 Å². The molecule has 1 unspecified atom stereocenters. The van der Waals surface area contributed by atoms with Crippen LogP contribution >= 0.6 is 27.7 Å². The Morgan fingerprint density at radius 2 is 2.00 bits per heavy atom. The van der Waals surface area contributed by atoms with Gasteiger partial charge in [-0.05, 0) is 23.6 Å². The molecule has 2 atom stereocenters. The van der Waals surface area contributed by atoms with Crippen molar-refractivity contribution in [3.05, 3.63) is 40.2 Å². The molecule has 1 heterocycles. The molecule has 0 spiro atoms. The van der Waals surface area contributed by atoms with Crippen LogP contribution in [0.15, 0.2) is 38.4 Å². The summed E-state index contributed by atoms with van der Waals surface area (Å²) in [6, 6.07) is 8.00. The van der Waals surface area contributed by atoms with Crippen molar-refractivity contribution in [1.29, 1.82) is 0 Å². The lowest BCUT2D eigenvalue weighted by molar-refractivity contribution is 0.333. The normalized spacial score (nSPS) is 14.2. The van der Waals surface area contributed by atoms with E-state index >= 15 is 0 Å². The number of aromatic nitrogens is 2. The highest BCUT2D eigenvalue weighted by Crippen LogP contribution is 2.26. The monoisotopic (exact) mass is 355 g/mol. The molecule has 0 aliphatic heterocycles. The third-order valence-corrected chi connectivity index (χ3v) is 4.66. The van der Waals surface area contributed by atoms with Crippen LogP contribution in [-0.4, -0.2) is 10.2 Å². The zero-order valence-electron chi connectivity index (χ0n) is 11.5. The van der Waals surface area contributed by atoms with Gasteiger partial charge in [-0.15, -0.1) is 10.2 Å². The quantitative estimate of drug-likeness (QED) is 0.787. The largest absolute Gasteiger partial charge is 0.414 e. The van der Waals surface area contributed by atoms with Crippen molar-refractivity contribution in [2.24, 2.45) is 11.7 Å². The van der Waals surface area contributed by atoms with Crippen molar-refractivity contribution in [3.63, 3.8) is 0 Å². The second-order valence-corrected chi connectivity index (χ2v) is 6.57. The Hall–Kier alpha value is -0.850. The van der Waals surface area contributed by atoms with E-state index in [2.05, 4.69) is 52.1 Å². The van der Waals surface area contributed by atoms with Crippen LogP contribution in [0.5, 0.6) is 0 Å². The number of thioether (sulfide) groups is 1. The van der Waals surface area contributed by atoms with Crippen molar-refractivity contribution in [2.75, 3.05) is 0 Å². The molecule has 2 aromatic rings. The van der Waals surface area contributed by atoms with E-state index in [0.717, 1.165) is 16.6 Å². The highest BCUT2D eigenvalue weighted by Gasteiger charge is 2.19. The van der Waals surface area contributed by atoms with Crippen LogP contribution < -0.4 is 5.73 Å². The van der Waals surface area contributed by atoms with Gasteiger partial charge in [-0.25, -0.2) is 0 Å². The van der Waals surface area contributed by atoms with Gasteiger partial charge in [-0.1, -0.05) is 60.1 Å². The SMILES string of the molecule is CCC(C)[C@H](N)c1nnc(SCc2ccc(Br)cc2)o1. The topological polar surface area (TPSA) is 64.9 Å². The number of nitrogens with two attached hydrogens (primary N) is 1. The minimum atomic E-state index is -0.186. The molecule has 20 heavy (non-hydrogen) atoms. The van der Waals surface area contributed by atoms with Crippen molar-refractivity contribution < 1.29 is 4.42 Å². The number of hydrogen-bond donors (Lipinski definition) is 1. The van der Waals surface area contributed by atoms with E-state index in [1.807, 2.05) is 12.1 Å². The summed E-state index contributed by atoms with van der Waals surface area (Å²) in [5.41, 5.74) is 7.29. The van der Waals surface area contributed by atoms with Crippen molar-refractivity contribution in [2.45, 2.75) is 37.3 Å². The first kappa shape index (κ1) is 15.5. The van der Waals surface area contributed by atoms with Crippen molar-refractivity contribution >= 4 is 27.7 Å². The molecule has 0 amide bonds. The Labute approximate surface area is 131 Å². The van der Waals surface area contributed by atoms with E-state index in [4.69, 9.17) is 10.2 Å². The maximum absolute atomic E-state index is 6.08. The Kier molecular flexibility index (Phi) is 5.63. The zero-order chi connectivity index (χ0) is 14.5. The van der Waals surface area contributed by atoms with Gasteiger partial charge in [-0.2, -0.15) is 0 Å². The smallest absolute Gasteiger partial charge is 0.276 e. The molecule has 4 nitrogen and oxygen atoms in total. The third-order valence-electron chi connectivity index (χ3n) is 3.24. The predicted molar refractivity (Wildman–Crippen MR) is 84.4 cm³/mol. The van der Waals surface area contributed by atoms with Gasteiger partial charge < -0.3 is 10.2 Å². The predicted octanol–water partition coefficient (Wildman–Crippen LogP) is 4.17. The van der Waals surface area contributed by atoms with Gasteiger partial charge in [-0.3, -0.25) is 0 Å². The van der Waals surface area contributed by atoms with Gasteiger partial charge in [0.15, 0.2) is 0 Å². The summed E-state index contributed by atoms with van der Waals surface area (Å²) in [7, 11) is 0. The molecule has 0 bridgehead atoms. The minimum absolute atomic E-state index is 0.186. The van der Waals surface area contributed by atoms with Gasteiger partial charge in [0.05, 0.1) is 6.04 Å². The van der Waals surface area contributed by atoms with Gasteiger partial charge in [0.1, 0.15) is 0 Å². The van der Waals surface area contributed by atoms with Gasteiger partial charge in [0.25, 0.3) is 5.22 Å². The minimum Gasteiger partial charge on any atom is -0.414 e. The van der Waals surface area contributed by atoms with Gasteiger partial charge in [0, 0.05) is 10.2 Å². The number of benzene rings is 1. The van der Waals surface area contributed by atoms with E-state index in [1.54, 1.807) is 0 Å². The molecule has 0 aliphatic rings. The fourth-order valence-electron chi connectivity index (χ4n) is 1.64. The average Bonchev–Trinajstić information content (AvgIpc) is 2.94.